The van der Waals surface area contributed by atoms with Gasteiger partial charge in [-0.15, -0.1) is 0 Å². The molecule has 1 saturated carbocycles. The number of aryl methyl sites for hydroxylation is 2. The van der Waals surface area contributed by atoms with Crippen molar-refractivity contribution in [1.82, 2.24) is 14.9 Å². The first kappa shape index (κ1) is 24.7. The summed E-state index contributed by atoms with van der Waals surface area (Å²) in [5.74, 6) is 0.00725. The molecule has 1 aromatic carbocycles. The normalized spacial score (nSPS) is 18.0. The molecule has 8 nitrogen and oxygen atoms in total. The second-order valence-corrected chi connectivity index (χ2v) is 9.41. The maximum atomic E-state index is 13.4. The Hall–Kier alpha value is -3.39. The zero-order valence-corrected chi connectivity index (χ0v) is 20.8. The van der Waals surface area contributed by atoms with Gasteiger partial charge in [0.05, 0.1) is 29.0 Å². The third-order valence-corrected chi connectivity index (χ3v) is 6.41. The summed E-state index contributed by atoms with van der Waals surface area (Å²) in [6.07, 6.45) is 3.00. The Bertz CT molecular complexity index is 1210. The lowest BCUT2D eigenvalue weighted by molar-refractivity contribution is 0.0855. The molecule has 1 aliphatic carbocycles. The van der Waals surface area contributed by atoms with Crippen molar-refractivity contribution in [2.75, 3.05) is 5.32 Å². The first-order valence-corrected chi connectivity index (χ1v) is 12.3. The number of aliphatic hydroxyl groups is 1. The zero-order valence-electron chi connectivity index (χ0n) is 20.8. The molecule has 2 aromatic heterocycles. The molecule has 35 heavy (non-hydrogen) atoms. The SMILES string of the molecule is CCc1nc2c(cc1NC(=O)c1ccccc1)c(OC(C)C)c(C(=O)NC1CCC(O)CC1)n2C. The number of anilines is 1. The number of hydrogen-bond acceptors (Lipinski definition) is 5. The Morgan fingerprint density at radius 1 is 1.14 bits per heavy atom. The summed E-state index contributed by atoms with van der Waals surface area (Å²) in [4.78, 5) is 31.1. The molecule has 3 aromatic rings. The van der Waals surface area contributed by atoms with E-state index in [2.05, 4.69) is 10.6 Å². The molecule has 0 unspecified atom stereocenters. The molecular formula is C27H34N4O4. The average Bonchev–Trinajstić information content (AvgIpc) is 3.10. The number of pyridine rings is 1. The quantitative estimate of drug-likeness (QED) is 0.472. The van der Waals surface area contributed by atoms with Crippen LogP contribution in [0.3, 0.4) is 0 Å². The van der Waals surface area contributed by atoms with Crippen LogP contribution >= 0.6 is 0 Å². The molecule has 0 atom stereocenters. The third-order valence-electron chi connectivity index (χ3n) is 6.41. The van der Waals surface area contributed by atoms with Crippen LogP contribution in [0.25, 0.3) is 11.0 Å². The van der Waals surface area contributed by atoms with Crippen molar-refractivity contribution < 1.29 is 19.4 Å². The summed E-state index contributed by atoms with van der Waals surface area (Å²) in [5, 5.41) is 16.6. The predicted octanol–water partition coefficient (Wildman–Crippen LogP) is 4.21. The van der Waals surface area contributed by atoms with Gasteiger partial charge in [0.2, 0.25) is 0 Å². The van der Waals surface area contributed by atoms with Gasteiger partial charge in [-0.2, -0.15) is 0 Å². The summed E-state index contributed by atoms with van der Waals surface area (Å²) in [5.41, 5.74) is 2.91. The van der Waals surface area contributed by atoms with E-state index in [-0.39, 0.29) is 30.1 Å². The molecule has 0 aliphatic heterocycles. The average molecular weight is 479 g/mol. The van der Waals surface area contributed by atoms with E-state index in [1.165, 1.54) is 0 Å². The Kier molecular flexibility index (Phi) is 7.40. The molecule has 1 fully saturated rings. The van der Waals surface area contributed by atoms with Crippen molar-refractivity contribution >= 4 is 28.5 Å². The van der Waals surface area contributed by atoms with E-state index in [1.54, 1.807) is 16.7 Å². The van der Waals surface area contributed by atoms with Crippen LogP contribution in [-0.2, 0) is 13.5 Å². The van der Waals surface area contributed by atoms with Gasteiger partial charge in [0, 0.05) is 18.7 Å². The molecule has 0 bridgehead atoms. The van der Waals surface area contributed by atoms with Crippen molar-refractivity contribution in [2.24, 2.45) is 7.05 Å². The zero-order chi connectivity index (χ0) is 25.1. The number of nitrogens with one attached hydrogen (secondary N) is 2. The topological polar surface area (TPSA) is 105 Å². The first-order valence-electron chi connectivity index (χ1n) is 12.3. The lowest BCUT2D eigenvalue weighted by atomic mass is 9.93. The van der Waals surface area contributed by atoms with E-state index in [0.29, 0.717) is 53.0 Å². The Balaban J connectivity index is 1.74. The highest BCUT2D eigenvalue weighted by molar-refractivity contribution is 6.07. The second kappa shape index (κ2) is 10.5. The number of benzene rings is 1. The van der Waals surface area contributed by atoms with Gasteiger partial charge >= 0.3 is 0 Å². The highest BCUT2D eigenvalue weighted by atomic mass is 16.5. The van der Waals surface area contributed by atoms with E-state index in [0.717, 1.165) is 18.5 Å². The highest BCUT2D eigenvalue weighted by Crippen LogP contribution is 2.36. The van der Waals surface area contributed by atoms with Crippen molar-refractivity contribution in [2.45, 2.75) is 71.1 Å². The van der Waals surface area contributed by atoms with Gasteiger partial charge in [0.1, 0.15) is 5.65 Å². The van der Waals surface area contributed by atoms with Gasteiger partial charge in [0.25, 0.3) is 11.8 Å². The number of carbonyl (C=O) groups excluding carboxylic acids is 2. The number of aromatic nitrogens is 2. The fourth-order valence-electron chi connectivity index (χ4n) is 4.60. The summed E-state index contributed by atoms with van der Waals surface area (Å²) < 4.78 is 7.92. The van der Waals surface area contributed by atoms with Crippen LogP contribution in [0.15, 0.2) is 36.4 Å². The van der Waals surface area contributed by atoms with E-state index in [9.17, 15) is 14.7 Å². The predicted molar refractivity (Wildman–Crippen MR) is 136 cm³/mol. The maximum Gasteiger partial charge on any atom is 0.272 e. The number of hydrogen-bond donors (Lipinski definition) is 3. The molecule has 0 spiro atoms. The van der Waals surface area contributed by atoms with Gasteiger partial charge in [-0.05, 0) is 64.2 Å². The molecule has 0 saturated heterocycles. The minimum atomic E-state index is -0.290. The summed E-state index contributed by atoms with van der Waals surface area (Å²) in [7, 11) is 1.81. The fourth-order valence-corrected chi connectivity index (χ4v) is 4.60. The monoisotopic (exact) mass is 478 g/mol. The van der Waals surface area contributed by atoms with Crippen LogP contribution < -0.4 is 15.4 Å². The Labute approximate surface area is 205 Å². The van der Waals surface area contributed by atoms with Gasteiger partial charge in [-0.1, -0.05) is 25.1 Å². The maximum absolute atomic E-state index is 13.4. The number of rotatable bonds is 7. The van der Waals surface area contributed by atoms with Crippen molar-refractivity contribution in [1.29, 1.82) is 0 Å². The largest absolute Gasteiger partial charge is 0.488 e. The van der Waals surface area contributed by atoms with Crippen molar-refractivity contribution in [3.63, 3.8) is 0 Å². The van der Waals surface area contributed by atoms with Crippen molar-refractivity contribution in [3.05, 3.63) is 53.3 Å². The van der Waals surface area contributed by atoms with Crippen LogP contribution in [0.1, 0.15) is 73.0 Å². The Morgan fingerprint density at radius 3 is 2.46 bits per heavy atom. The van der Waals surface area contributed by atoms with E-state index in [1.807, 2.05) is 52.1 Å². The standard InChI is InChI=1S/C27H34N4O4/c1-5-21-22(30-26(33)17-9-7-6-8-10-17)15-20-24(35-16(2)3)23(31(4)25(20)29-21)27(34)28-18-11-13-19(32)14-12-18/h6-10,15-16,18-19,32H,5,11-14H2,1-4H3,(H,28,34)(H,30,33). The lowest BCUT2D eigenvalue weighted by Gasteiger charge is -2.26. The van der Waals surface area contributed by atoms with Gasteiger partial charge in [0.15, 0.2) is 11.4 Å². The smallest absolute Gasteiger partial charge is 0.272 e. The first-order chi connectivity index (χ1) is 16.8. The number of carbonyl (C=O) groups is 2. The fraction of sp³-hybridized carbons (Fsp3) is 0.444. The third kappa shape index (κ3) is 5.32. The Morgan fingerprint density at radius 2 is 1.83 bits per heavy atom. The molecule has 2 amide bonds. The molecule has 1 aliphatic rings. The summed E-state index contributed by atoms with van der Waals surface area (Å²) in [6.45, 7) is 5.80. The number of nitrogens with zero attached hydrogens (tertiary/aromatic N) is 2. The number of fused-ring (bicyclic) bond motifs is 1. The van der Waals surface area contributed by atoms with E-state index < -0.39 is 0 Å². The molecule has 2 heterocycles. The molecule has 3 N–H and O–H groups in total. The number of aliphatic hydroxyl groups excluding tert-OH is 1. The number of ether oxygens (including phenoxy) is 1. The van der Waals surface area contributed by atoms with Crippen molar-refractivity contribution in [3.8, 4) is 5.75 Å². The highest BCUT2D eigenvalue weighted by Gasteiger charge is 2.28. The van der Waals surface area contributed by atoms with Gasteiger partial charge in [-0.25, -0.2) is 4.98 Å². The van der Waals surface area contributed by atoms with Gasteiger partial charge < -0.3 is 25.0 Å². The van der Waals surface area contributed by atoms with Crippen LogP contribution in [0.2, 0.25) is 0 Å². The number of amides is 2. The minimum absolute atomic E-state index is 0.00990. The molecular weight excluding hydrogens is 444 g/mol. The molecule has 8 heteroatoms. The second-order valence-electron chi connectivity index (χ2n) is 9.41. The minimum Gasteiger partial charge on any atom is -0.488 e. The van der Waals surface area contributed by atoms with E-state index in [4.69, 9.17) is 9.72 Å². The van der Waals surface area contributed by atoms with Gasteiger partial charge in [-0.3, -0.25) is 9.59 Å². The molecule has 186 valence electrons. The van der Waals surface area contributed by atoms with Crippen LogP contribution in [0, 0.1) is 0 Å². The van der Waals surface area contributed by atoms with E-state index >= 15 is 0 Å². The lowest BCUT2D eigenvalue weighted by Crippen LogP contribution is -2.39. The summed E-state index contributed by atoms with van der Waals surface area (Å²) in [6, 6.07) is 10.9. The van der Waals surface area contributed by atoms with Crippen LogP contribution in [-0.4, -0.2) is 44.7 Å². The summed E-state index contributed by atoms with van der Waals surface area (Å²) >= 11 is 0. The van der Waals surface area contributed by atoms with Crippen LogP contribution in [0.5, 0.6) is 5.75 Å². The molecule has 0 radical (unpaired) electrons. The van der Waals surface area contributed by atoms with Crippen LogP contribution in [0.4, 0.5) is 5.69 Å². The molecule has 4 rings (SSSR count).